The second-order valence-electron chi connectivity index (χ2n) is 3.15. The van der Waals surface area contributed by atoms with Crippen LogP contribution in [0.4, 0.5) is 8.78 Å². The average Bonchev–Trinajstić information content (AvgIpc) is 2.80. The van der Waals surface area contributed by atoms with E-state index >= 15 is 0 Å². The van der Waals surface area contributed by atoms with Crippen molar-refractivity contribution in [1.82, 2.24) is 10.1 Å². The number of nitrogens with two attached hydrogens (primary N) is 1. The molecule has 2 N–H and O–H groups in total. The third-order valence-corrected chi connectivity index (χ3v) is 2.14. The Morgan fingerprint density at radius 3 is 2.76 bits per heavy atom. The zero-order valence-electron chi connectivity index (χ0n) is 8.91. The molecule has 1 aromatic heterocycles. The highest BCUT2D eigenvalue weighted by molar-refractivity contribution is 5.64. The number of rotatable bonds is 3. The molecule has 0 bridgehead atoms. The molecule has 0 aliphatic carbocycles. The Balaban J connectivity index is 2.60. The second kappa shape index (κ2) is 4.46. The smallest absolute Gasteiger partial charge is 0.240 e. The molecule has 0 saturated heterocycles. The molecule has 0 unspecified atom stereocenters. The Morgan fingerprint density at radius 1 is 1.41 bits per heavy atom. The summed E-state index contributed by atoms with van der Waals surface area (Å²) in [5, 5.41) is 3.52. The monoisotopic (exact) mass is 241 g/mol. The van der Waals surface area contributed by atoms with Crippen molar-refractivity contribution in [1.29, 1.82) is 0 Å². The number of methoxy groups -OCH3 is 1. The molecule has 1 heterocycles. The summed E-state index contributed by atoms with van der Waals surface area (Å²) in [7, 11) is 1.33. The van der Waals surface area contributed by atoms with Crippen LogP contribution in [-0.4, -0.2) is 17.3 Å². The topological polar surface area (TPSA) is 74.2 Å². The van der Waals surface area contributed by atoms with Crippen molar-refractivity contribution in [3.63, 3.8) is 0 Å². The minimum atomic E-state index is -1.09. The van der Waals surface area contributed by atoms with Crippen LogP contribution in [0.25, 0.3) is 11.4 Å². The summed E-state index contributed by atoms with van der Waals surface area (Å²) in [6, 6.07) is 2.24. The van der Waals surface area contributed by atoms with Gasteiger partial charge >= 0.3 is 0 Å². The normalized spacial score (nSPS) is 10.6. The molecule has 7 heteroatoms. The van der Waals surface area contributed by atoms with Crippen LogP contribution >= 0.6 is 0 Å². The van der Waals surface area contributed by atoms with Gasteiger partial charge in [-0.2, -0.15) is 4.98 Å². The van der Waals surface area contributed by atoms with Crippen molar-refractivity contribution in [2.45, 2.75) is 6.54 Å². The summed E-state index contributed by atoms with van der Waals surface area (Å²) in [6.07, 6.45) is 0. The van der Waals surface area contributed by atoms with Gasteiger partial charge in [0, 0.05) is 0 Å². The highest BCUT2D eigenvalue weighted by atomic mass is 19.2. The highest BCUT2D eigenvalue weighted by Gasteiger charge is 2.20. The molecule has 0 atom stereocenters. The van der Waals surface area contributed by atoms with Gasteiger partial charge in [-0.15, -0.1) is 0 Å². The summed E-state index contributed by atoms with van der Waals surface area (Å²) in [6.45, 7) is 0.0201. The van der Waals surface area contributed by atoms with E-state index in [1.807, 2.05) is 0 Å². The number of benzene rings is 1. The maximum Gasteiger partial charge on any atom is 0.240 e. The van der Waals surface area contributed by atoms with E-state index in [1.54, 1.807) is 0 Å². The Kier molecular flexibility index (Phi) is 3.01. The predicted octanol–water partition coefficient (Wildman–Crippen LogP) is 1.48. The minimum Gasteiger partial charge on any atom is -0.496 e. The Bertz CT molecular complexity index is 542. The van der Waals surface area contributed by atoms with Gasteiger partial charge < -0.3 is 15.0 Å². The summed E-state index contributed by atoms with van der Waals surface area (Å²) >= 11 is 0. The number of hydrogen-bond donors (Lipinski definition) is 1. The molecule has 0 saturated carbocycles. The van der Waals surface area contributed by atoms with Gasteiger partial charge in [0.25, 0.3) is 0 Å². The van der Waals surface area contributed by atoms with Crippen molar-refractivity contribution in [2.75, 3.05) is 7.11 Å². The highest BCUT2D eigenvalue weighted by Crippen LogP contribution is 2.31. The lowest BCUT2D eigenvalue weighted by Gasteiger charge is -2.06. The lowest BCUT2D eigenvalue weighted by molar-refractivity contribution is 0.379. The zero-order chi connectivity index (χ0) is 12.4. The van der Waals surface area contributed by atoms with Gasteiger partial charge in [0.15, 0.2) is 11.6 Å². The van der Waals surface area contributed by atoms with E-state index in [9.17, 15) is 8.78 Å². The molecule has 2 rings (SSSR count). The molecule has 90 valence electrons. The van der Waals surface area contributed by atoms with Crippen molar-refractivity contribution in [2.24, 2.45) is 5.73 Å². The van der Waals surface area contributed by atoms with E-state index in [0.717, 1.165) is 6.07 Å². The molecular formula is C10H9F2N3O2. The van der Waals surface area contributed by atoms with Crippen LogP contribution in [0.3, 0.4) is 0 Å². The van der Waals surface area contributed by atoms with E-state index < -0.39 is 11.6 Å². The van der Waals surface area contributed by atoms with E-state index in [1.165, 1.54) is 13.2 Å². The van der Waals surface area contributed by atoms with Gasteiger partial charge in [-0.25, -0.2) is 8.78 Å². The molecule has 0 amide bonds. The maximum atomic E-state index is 13.6. The molecule has 0 spiro atoms. The van der Waals surface area contributed by atoms with Gasteiger partial charge in [-0.05, 0) is 12.1 Å². The first-order chi connectivity index (χ1) is 8.17. The lowest BCUT2D eigenvalue weighted by atomic mass is 10.1. The van der Waals surface area contributed by atoms with Crippen LogP contribution in [0, 0.1) is 11.6 Å². The van der Waals surface area contributed by atoms with Crippen LogP contribution in [0.5, 0.6) is 5.75 Å². The van der Waals surface area contributed by atoms with Crippen molar-refractivity contribution in [3.8, 4) is 17.1 Å². The Morgan fingerprint density at radius 2 is 2.18 bits per heavy atom. The zero-order valence-corrected chi connectivity index (χ0v) is 8.91. The van der Waals surface area contributed by atoms with E-state index in [0.29, 0.717) is 0 Å². The van der Waals surface area contributed by atoms with Gasteiger partial charge in [-0.1, -0.05) is 5.16 Å². The summed E-state index contributed by atoms with van der Waals surface area (Å²) < 4.78 is 36.4. The molecule has 0 aliphatic rings. The summed E-state index contributed by atoms with van der Waals surface area (Å²) in [5.41, 5.74) is 5.10. The Hall–Kier alpha value is -2.02. The average molecular weight is 241 g/mol. The van der Waals surface area contributed by atoms with E-state index in [4.69, 9.17) is 15.0 Å². The fourth-order valence-electron chi connectivity index (χ4n) is 1.35. The van der Waals surface area contributed by atoms with Gasteiger partial charge in [0.05, 0.1) is 13.7 Å². The number of halogens is 2. The van der Waals surface area contributed by atoms with E-state index in [2.05, 4.69) is 10.1 Å². The van der Waals surface area contributed by atoms with Gasteiger partial charge in [-0.3, -0.25) is 0 Å². The number of ether oxygens (including phenoxy) is 1. The number of nitrogens with zero attached hydrogens (tertiary/aromatic N) is 2. The number of aromatic nitrogens is 2. The second-order valence-corrected chi connectivity index (χ2v) is 3.15. The molecule has 1 aromatic carbocycles. The SMILES string of the molecule is COc1ccc(F)c(F)c1-c1noc(CN)n1. The number of hydrogen-bond acceptors (Lipinski definition) is 5. The quantitative estimate of drug-likeness (QED) is 0.881. The first-order valence-electron chi connectivity index (χ1n) is 4.72. The fraction of sp³-hybridized carbons (Fsp3) is 0.200. The van der Waals surface area contributed by atoms with Gasteiger partial charge in [0.2, 0.25) is 11.7 Å². The van der Waals surface area contributed by atoms with Crippen LogP contribution in [0.2, 0.25) is 0 Å². The third kappa shape index (κ3) is 1.96. The minimum absolute atomic E-state index is 0.0201. The lowest BCUT2D eigenvalue weighted by Crippen LogP contribution is -1.98. The molecular weight excluding hydrogens is 232 g/mol. The fourth-order valence-corrected chi connectivity index (χ4v) is 1.35. The van der Waals surface area contributed by atoms with Crippen molar-refractivity contribution >= 4 is 0 Å². The first-order valence-corrected chi connectivity index (χ1v) is 4.72. The third-order valence-electron chi connectivity index (χ3n) is 2.14. The maximum absolute atomic E-state index is 13.6. The molecule has 0 aliphatic heterocycles. The van der Waals surface area contributed by atoms with Crippen LogP contribution in [0.15, 0.2) is 16.7 Å². The van der Waals surface area contributed by atoms with Crippen molar-refractivity contribution in [3.05, 3.63) is 29.7 Å². The van der Waals surface area contributed by atoms with Crippen LogP contribution in [-0.2, 0) is 6.54 Å². The Labute approximate surface area is 95.2 Å². The van der Waals surface area contributed by atoms with Crippen LogP contribution < -0.4 is 10.5 Å². The largest absolute Gasteiger partial charge is 0.496 e. The summed E-state index contributed by atoms with van der Waals surface area (Å²) in [5.74, 6) is -1.95. The molecule has 2 aromatic rings. The molecule has 0 fully saturated rings. The molecule has 0 radical (unpaired) electrons. The molecule has 17 heavy (non-hydrogen) atoms. The standard InChI is InChI=1S/C10H9F2N3O2/c1-16-6-3-2-5(11)9(12)8(6)10-14-7(4-13)17-15-10/h2-3H,4,13H2,1H3. The van der Waals surface area contributed by atoms with E-state index in [-0.39, 0.29) is 29.6 Å². The molecule has 5 nitrogen and oxygen atoms in total. The summed E-state index contributed by atoms with van der Waals surface area (Å²) in [4.78, 5) is 3.82. The van der Waals surface area contributed by atoms with Gasteiger partial charge in [0.1, 0.15) is 11.3 Å². The van der Waals surface area contributed by atoms with Crippen molar-refractivity contribution < 1.29 is 18.0 Å². The first kappa shape index (κ1) is 11.5. The van der Waals surface area contributed by atoms with Crippen LogP contribution in [0.1, 0.15) is 5.89 Å². The predicted molar refractivity (Wildman–Crippen MR) is 54.1 cm³/mol.